The molecular weight excluding hydrogens is 430 g/mol. The number of benzene rings is 1. The zero-order valence-electron chi connectivity index (χ0n) is 16.5. The predicted octanol–water partition coefficient (Wildman–Crippen LogP) is 1.61. The first kappa shape index (κ1) is 22.1. The van der Waals surface area contributed by atoms with Crippen molar-refractivity contribution in [1.29, 1.82) is 0 Å². The Morgan fingerprint density at radius 1 is 1.27 bits per heavy atom. The lowest BCUT2D eigenvalue weighted by molar-refractivity contribution is -0.384. The topological polar surface area (TPSA) is 135 Å². The summed E-state index contributed by atoms with van der Waals surface area (Å²) in [5.74, 6) is 0.511. The Morgan fingerprint density at radius 2 is 1.93 bits per heavy atom. The summed E-state index contributed by atoms with van der Waals surface area (Å²) in [7, 11) is -2.92. The second-order valence-electron chi connectivity index (χ2n) is 6.78. The van der Waals surface area contributed by atoms with Gasteiger partial charge in [0.25, 0.3) is 11.6 Å². The van der Waals surface area contributed by atoms with Gasteiger partial charge in [-0.15, -0.1) is 11.3 Å². The zero-order chi connectivity index (χ0) is 21.7. The number of anilines is 1. The van der Waals surface area contributed by atoms with E-state index in [1.807, 2.05) is 11.8 Å². The summed E-state index contributed by atoms with van der Waals surface area (Å²) in [6.45, 7) is 4.42. The first-order chi connectivity index (χ1) is 14.3. The monoisotopic (exact) mass is 453 g/mol. The van der Waals surface area contributed by atoms with E-state index < -0.39 is 14.8 Å². The largest absolute Gasteiger partial charge is 0.369 e. The van der Waals surface area contributed by atoms with Gasteiger partial charge in [-0.25, -0.2) is 13.4 Å². The van der Waals surface area contributed by atoms with Crippen LogP contribution in [0.25, 0.3) is 10.6 Å². The number of nitrogens with one attached hydrogen (secondary N) is 2. The summed E-state index contributed by atoms with van der Waals surface area (Å²) >= 11 is 1.21. The molecule has 0 radical (unpaired) electrons. The number of carbonyl (C=O) groups is 1. The Hall–Kier alpha value is -2.57. The van der Waals surface area contributed by atoms with Crippen molar-refractivity contribution >= 4 is 38.6 Å². The summed E-state index contributed by atoms with van der Waals surface area (Å²) in [4.78, 5) is 30.0. The van der Waals surface area contributed by atoms with Crippen LogP contribution in [0.3, 0.4) is 0 Å². The Balaban J connectivity index is 1.65. The van der Waals surface area contributed by atoms with Crippen molar-refractivity contribution in [2.75, 3.05) is 49.5 Å². The number of nitro groups is 1. The molecule has 2 heterocycles. The fraction of sp³-hybridized carbons (Fsp3) is 0.444. The highest BCUT2D eigenvalue weighted by Crippen LogP contribution is 2.32. The lowest BCUT2D eigenvalue weighted by Gasteiger charge is -2.26. The standard InChI is InChI=1S/C18H23N5O5S2/c1-2-19-16-15(17(24)20-7-8-22-9-11-30(27,28)12-10-22)29-18(21-16)13-3-5-14(6-4-13)23(25)26/h3-6,19H,2,7-12H2,1H3,(H,20,24). The normalized spacial score (nSPS) is 16.2. The molecule has 1 amide bonds. The van der Waals surface area contributed by atoms with E-state index in [9.17, 15) is 23.3 Å². The molecule has 2 aromatic rings. The molecule has 0 spiro atoms. The van der Waals surface area contributed by atoms with Crippen molar-refractivity contribution in [2.45, 2.75) is 6.92 Å². The van der Waals surface area contributed by atoms with Crippen molar-refractivity contribution < 1.29 is 18.1 Å². The molecule has 0 atom stereocenters. The highest BCUT2D eigenvalue weighted by Gasteiger charge is 2.22. The Labute approximate surface area is 178 Å². The van der Waals surface area contributed by atoms with Crippen LogP contribution < -0.4 is 10.6 Å². The second kappa shape index (κ2) is 9.49. The highest BCUT2D eigenvalue weighted by molar-refractivity contribution is 7.91. The number of non-ortho nitro benzene ring substituents is 1. The molecule has 1 aliphatic heterocycles. The molecule has 30 heavy (non-hydrogen) atoms. The van der Waals surface area contributed by atoms with E-state index >= 15 is 0 Å². The number of nitro benzene ring substituents is 1. The third-order valence-corrected chi connectivity index (χ3v) is 7.37. The van der Waals surface area contributed by atoms with Crippen molar-refractivity contribution in [2.24, 2.45) is 0 Å². The van der Waals surface area contributed by atoms with Gasteiger partial charge in [0.1, 0.15) is 9.88 Å². The minimum absolute atomic E-state index is 0.00862. The summed E-state index contributed by atoms with van der Waals surface area (Å²) in [5.41, 5.74) is 0.684. The van der Waals surface area contributed by atoms with Gasteiger partial charge in [0.05, 0.1) is 16.4 Å². The molecule has 1 aromatic carbocycles. The smallest absolute Gasteiger partial charge is 0.269 e. The molecule has 162 valence electrons. The van der Waals surface area contributed by atoms with Gasteiger partial charge in [0.15, 0.2) is 15.7 Å². The van der Waals surface area contributed by atoms with E-state index in [4.69, 9.17) is 0 Å². The number of amides is 1. The van der Waals surface area contributed by atoms with E-state index in [0.29, 0.717) is 54.0 Å². The zero-order valence-corrected chi connectivity index (χ0v) is 18.1. The summed E-state index contributed by atoms with van der Waals surface area (Å²) < 4.78 is 23.0. The van der Waals surface area contributed by atoms with Gasteiger partial charge in [-0.2, -0.15) is 0 Å². The van der Waals surface area contributed by atoms with Crippen LogP contribution in [0.4, 0.5) is 11.5 Å². The van der Waals surface area contributed by atoms with Crippen molar-refractivity contribution in [3.8, 4) is 10.6 Å². The maximum Gasteiger partial charge on any atom is 0.269 e. The van der Waals surface area contributed by atoms with Crippen LogP contribution in [0.1, 0.15) is 16.6 Å². The lowest BCUT2D eigenvalue weighted by atomic mass is 10.2. The van der Waals surface area contributed by atoms with Gasteiger partial charge in [-0.3, -0.25) is 19.8 Å². The molecule has 3 rings (SSSR count). The quantitative estimate of drug-likeness (QED) is 0.455. The van der Waals surface area contributed by atoms with Crippen molar-refractivity contribution in [1.82, 2.24) is 15.2 Å². The lowest BCUT2D eigenvalue weighted by Crippen LogP contribution is -2.43. The van der Waals surface area contributed by atoms with Crippen molar-refractivity contribution in [3.63, 3.8) is 0 Å². The number of aromatic nitrogens is 1. The molecule has 0 saturated carbocycles. The molecule has 0 bridgehead atoms. The first-order valence-corrected chi connectivity index (χ1v) is 12.1. The van der Waals surface area contributed by atoms with E-state index in [1.54, 1.807) is 12.1 Å². The van der Waals surface area contributed by atoms with Crippen LogP contribution in [0.15, 0.2) is 24.3 Å². The summed E-state index contributed by atoms with van der Waals surface area (Å²) in [6, 6.07) is 6.03. The Bertz CT molecular complexity index is 1010. The average Bonchev–Trinajstić information content (AvgIpc) is 3.13. The van der Waals surface area contributed by atoms with Crippen LogP contribution in [-0.2, 0) is 9.84 Å². The number of hydrogen-bond acceptors (Lipinski definition) is 9. The SMILES string of the molecule is CCNc1nc(-c2ccc([N+](=O)[O-])cc2)sc1C(=O)NCCN1CCS(=O)(=O)CC1. The number of carbonyl (C=O) groups excluding carboxylic acids is 1. The van der Waals surface area contributed by atoms with Gasteiger partial charge in [-0.1, -0.05) is 0 Å². The predicted molar refractivity (Wildman–Crippen MR) is 116 cm³/mol. The summed E-state index contributed by atoms with van der Waals surface area (Å²) in [6.07, 6.45) is 0. The first-order valence-electron chi connectivity index (χ1n) is 9.49. The van der Waals surface area contributed by atoms with Gasteiger partial charge in [0, 0.05) is 50.4 Å². The molecule has 1 fully saturated rings. The number of nitrogens with zero attached hydrogens (tertiary/aromatic N) is 3. The molecule has 10 nitrogen and oxygen atoms in total. The minimum Gasteiger partial charge on any atom is -0.369 e. The van der Waals surface area contributed by atoms with Gasteiger partial charge >= 0.3 is 0 Å². The van der Waals surface area contributed by atoms with E-state index in [0.717, 1.165) is 0 Å². The molecule has 0 aliphatic carbocycles. The van der Waals surface area contributed by atoms with Gasteiger partial charge < -0.3 is 10.6 Å². The second-order valence-corrected chi connectivity index (χ2v) is 10.1. The van der Waals surface area contributed by atoms with E-state index in [1.165, 1.54) is 23.5 Å². The fourth-order valence-corrected chi connectivity index (χ4v) is 5.23. The fourth-order valence-electron chi connectivity index (χ4n) is 2.99. The van der Waals surface area contributed by atoms with E-state index in [2.05, 4.69) is 15.6 Å². The summed E-state index contributed by atoms with van der Waals surface area (Å²) in [5, 5.41) is 17.4. The highest BCUT2D eigenvalue weighted by atomic mass is 32.2. The molecule has 1 saturated heterocycles. The van der Waals surface area contributed by atoms with E-state index in [-0.39, 0.29) is 23.1 Å². The molecular formula is C18H23N5O5S2. The number of hydrogen-bond donors (Lipinski definition) is 2. The minimum atomic E-state index is -2.92. The van der Waals surface area contributed by atoms with Crippen LogP contribution in [0.2, 0.25) is 0 Å². The van der Waals surface area contributed by atoms with Crippen LogP contribution in [-0.4, -0.2) is 73.4 Å². The molecule has 12 heteroatoms. The van der Waals surface area contributed by atoms with Crippen LogP contribution in [0.5, 0.6) is 0 Å². The maximum atomic E-state index is 12.7. The van der Waals surface area contributed by atoms with Gasteiger partial charge in [0.2, 0.25) is 0 Å². The molecule has 0 unspecified atom stereocenters. The number of thiazole rings is 1. The Morgan fingerprint density at radius 3 is 2.53 bits per heavy atom. The number of sulfone groups is 1. The third kappa shape index (κ3) is 5.52. The van der Waals surface area contributed by atoms with Crippen molar-refractivity contribution in [3.05, 3.63) is 39.3 Å². The third-order valence-electron chi connectivity index (χ3n) is 4.65. The molecule has 1 aliphatic rings. The van der Waals surface area contributed by atoms with Gasteiger partial charge in [-0.05, 0) is 19.1 Å². The Kier molecular flexibility index (Phi) is 7.00. The molecule has 1 aromatic heterocycles. The average molecular weight is 454 g/mol. The number of rotatable bonds is 8. The van der Waals surface area contributed by atoms with Crippen LogP contribution >= 0.6 is 11.3 Å². The maximum absolute atomic E-state index is 12.7. The van der Waals surface area contributed by atoms with Crippen LogP contribution in [0, 0.1) is 10.1 Å². The molecule has 2 N–H and O–H groups in total.